The minimum absolute atomic E-state index is 0.0859. The first-order valence-corrected chi connectivity index (χ1v) is 4.65. The smallest absolute Gasteiger partial charge is 0.326 e. The number of nitrogens with zero attached hydrogens (tertiary/aromatic N) is 1. The molecule has 0 saturated carbocycles. The molecule has 1 heterocycles. The van der Waals surface area contributed by atoms with Gasteiger partial charge in [-0.2, -0.15) is 0 Å². The Balaban J connectivity index is 2.56. The molecule has 0 aliphatic carbocycles. The molecule has 1 aliphatic heterocycles. The second-order valence-corrected chi connectivity index (χ2v) is 3.47. The summed E-state index contributed by atoms with van der Waals surface area (Å²) in [6.45, 7) is -0.996. The SMILES string of the molecule is O=C(O)[C@@H]1C[C@H](O)CN1C(=O)NCC(F)F. The van der Waals surface area contributed by atoms with Crippen molar-refractivity contribution in [3.05, 3.63) is 0 Å². The van der Waals surface area contributed by atoms with E-state index in [9.17, 15) is 23.5 Å². The van der Waals surface area contributed by atoms with Gasteiger partial charge in [-0.1, -0.05) is 0 Å². The van der Waals surface area contributed by atoms with Gasteiger partial charge in [0.25, 0.3) is 6.43 Å². The lowest BCUT2D eigenvalue weighted by molar-refractivity contribution is -0.141. The van der Waals surface area contributed by atoms with E-state index in [-0.39, 0.29) is 13.0 Å². The van der Waals surface area contributed by atoms with Crippen molar-refractivity contribution in [3.63, 3.8) is 0 Å². The van der Waals surface area contributed by atoms with Crippen LogP contribution in [0.1, 0.15) is 6.42 Å². The summed E-state index contributed by atoms with van der Waals surface area (Å²) >= 11 is 0. The minimum Gasteiger partial charge on any atom is -0.480 e. The molecule has 0 radical (unpaired) electrons. The second kappa shape index (κ2) is 5.06. The van der Waals surface area contributed by atoms with Gasteiger partial charge in [-0.25, -0.2) is 18.4 Å². The molecule has 3 N–H and O–H groups in total. The van der Waals surface area contributed by atoms with Crippen molar-refractivity contribution in [2.75, 3.05) is 13.1 Å². The lowest BCUT2D eigenvalue weighted by Gasteiger charge is -2.21. The molecule has 8 heteroatoms. The predicted octanol–water partition coefficient (Wildman–Crippen LogP) is -0.519. The Morgan fingerprint density at radius 3 is 2.62 bits per heavy atom. The Morgan fingerprint density at radius 1 is 1.50 bits per heavy atom. The summed E-state index contributed by atoms with van der Waals surface area (Å²) in [6.07, 6.45) is -3.71. The quantitative estimate of drug-likeness (QED) is 0.617. The molecule has 1 fully saturated rings. The molecule has 6 nitrogen and oxygen atoms in total. The number of β-amino-alcohol motifs (C(OH)–C–C–N with tert-alkyl or cyclic N) is 1. The first-order valence-electron chi connectivity index (χ1n) is 4.65. The number of amides is 2. The maximum Gasteiger partial charge on any atom is 0.326 e. The highest BCUT2D eigenvalue weighted by Crippen LogP contribution is 2.18. The number of hydrogen-bond acceptors (Lipinski definition) is 3. The summed E-state index contributed by atoms with van der Waals surface area (Å²) in [4.78, 5) is 22.9. The number of urea groups is 1. The summed E-state index contributed by atoms with van der Waals surface area (Å²) in [5, 5.41) is 19.9. The maximum atomic E-state index is 11.8. The number of carbonyl (C=O) groups is 2. The van der Waals surface area contributed by atoms with Crippen LogP contribution in [0.3, 0.4) is 0 Å². The van der Waals surface area contributed by atoms with E-state index in [4.69, 9.17) is 5.11 Å². The zero-order valence-corrected chi connectivity index (χ0v) is 8.27. The highest BCUT2D eigenvalue weighted by atomic mass is 19.3. The highest BCUT2D eigenvalue weighted by molar-refractivity contribution is 5.83. The van der Waals surface area contributed by atoms with Gasteiger partial charge in [-0.3, -0.25) is 0 Å². The zero-order chi connectivity index (χ0) is 12.3. The van der Waals surface area contributed by atoms with Crippen LogP contribution in [0.15, 0.2) is 0 Å². The average molecular weight is 238 g/mol. The number of carboxylic acids is 1. The number of rotatable bonds is 3. The van der Waals surface area contributed by atoms with Crippen LogP contribution in [0.5, 0.6) is 0 Å². The molecule has 2 atom stereocenters. The van der Waals surface area contributed by atoms with Gasteiger partial charge in [0.2, 0.25) is 0 Å². The molecular weight excluding hydrogens is 226 g/mol. The van der Waals surface area contributed by atoms with Gasteiger partial charge in [0.05, 0.1) is 12.6 Å². The zero-order valence-electron chi connectivity index (χ0n) is 8.27. The van der Waals surface area contributed by atoms with E-state index in [1.807, 2.05) is 5.32 Å². The van der Waals surface area contributed by atoms with E-state index >= 15 is 0 Å². The van der Waals surface area contributed by atoms with E-state index < -0.39 is 37.1 Å². The van der Waals surface area contributed by atoms with Crippen LogP contribution < -0.4 is 5.32 Å². The van der Waals surface area contributed by atoms with Crippen LogP contribution in [0, 0.1) is 0 Å². The number of hydrogen-bond donors (Lipinski definition) is 3. The van der Waals surface area contributed by atoms with Gasteiger partial charge in [-0.15, -0.1) is 0 Å². The van der Waals surface area contributed by atoms with Crippen molar-refractivity contribution in [2.45, 2.75) is 25.0 Å². The van der Waals surface area contributed by atoms with Crippen LogP contribution >= 0.6 is 0 Å². The van der Waals surface area contributed by atoms with Crippen LogP contribution in [0.25, 0.3) is 0 Å². The summed E-state index contributed by atoms with van der Waals surface area (Å²) in [7, 11) is 0. The molecule has 0 spiro atoms. The number of likely N-dealkylation sites (tertiary alicyclic amines) is 1. The van der Waals surface area contributed by atoms with Gasteiger partial charge >= 0.3 is 12.0 Å². The van der Waals surface area contributed by atoms with Crippen LogP contribution in [0.2, 0.25) is 0 Å². The highest BCUT2D eigenvalue weighted by Gasteiger charge is 2.38. The average Bonchev–Trinajstić information content (AvgIpc) is 2.56. The van der Waals surface area contributed by atoms with E-state index in [2.05, 4.69) is 0 Å². The fourth-order valence-electron chi connectivity index (χ4n) is 1.54. The molecule has 1 aliphatic rings. The molecular formula is C8H12F2N2O4. The number of aliphatic hydroxyl groups excluding tert-OH is 1. The lowest BCUT2D eigenvalue weighted by Crippen LogP contribution is -2.47. The van der Waals surface area contributed by atoms with Crippen LogP contribution in [0.4, 0.5) is 13.6 Å². The van der Waals surface area contributed by atoms with Gasteiger partial charge in [0.1, 0.15) is 6.04 Å². The lowest BCUT2D eigenvalue weighted by atomic mass is 10.2. The number of alkyl halides is 2. The van der Waals surface area contributed by atoms with Crippen molar-refractivity contribution in [1.82, 2.24) is 10.2 Å². The largest absolute Gasteiger partial charge is 0.480 e. The normalized spacial score (nSPS) is 24.9. The van der Waals surface area contributed by atoms with Gasteiger partial charge in [-0.05, 0) is 0 Å². The minimum atomic E-state index is -2.69. The molecule has 0 unspecified atom stereocenters. The third-order valence-electron chi connectivity index (χ3n) is 2.23. The number of aliphatic carboxylic acids is 1. The molecule has 0 aromatic heterocycles. The maximum absolute atomic E-state index is 11.8. The van der Waals surface area contributed by atoms with E-state index in [1.165, 1.54) is 0 Å². The summed E-state index contributed by atoms with van der Waals surface area (Å²) < 4.78 is 23.6. The van der Waals surface area contributed by atoms with Crippen molar-refractivity contribution in [3.8, 4) is 0 Å². The topological polar surface area (TPSA) is 89.9 Å². The Hall–Kier alpha value is -1.44. The Labute approximate surface area is 89.8 Å². The summed E-state index contributed by atoms with van der Waals surface area (Å²) in [6, 6.07) is -2.06. The van der Waals surface area contributed by atoms with Crippen LogP contribution in [-0.2, 0) is 4.79 Å². The number of carboxylic acid groups (broad SMARTS) is 1. The molecule has 0 aromatic carbocycles. The third-order valence-corrected chi connectivity index (χ3v) is 2.23. The predicted molar refractivity (Wildman–Crippen MR) is 48.2 cm³/mol. The number of carbonyl (C=O) groups excluding carboxylic acids is 1. The first kappa shape index (κ1) is 12.6. The number of nitrogens with one attached hydrogen (secondary N) is 1. The Bertz CT molecular complexity index is 287. The number of aliphatic hydroxyl groups is 1. The van der Waals surface area contributed by atoms with Gasteiger partial charge < -0.3 is 20.4 Å². The summed E-state index contributed by atoms with van der Waals surface area (Å²) in [5.41, 5.74) is 0. The molecule has 92 valence electrons. The Morgan fingerprint density at radius 2 is 2.12 bits per heavy atom. The van der Waals surface area contributed by atoms with Crippen LogP contribution in [-0.4, -0.2) is 58.8 Å². The molecule has 0 aromatic rings. The van der Waals surface area contributed by atoms with E-state index in [1.54, 1.807) is 0 Å². The van der Waals surface area contributed by atoms with Gasteiger partial charge in [0.15, 0.2) is 0 Å². The second-order valence-electron chi connectivity index (χ2n) is 3.47. The van der Waals surface area contributed by atoms with Crippen molar-refractivity contribution in [2.24, 2.45) is 0 Å². The Kier molecular flexibility index (Phi) is 3.99. The first-order chi connectivity index (χ1) is 7.41. The van der Waals surface area contributed by atoms with Gasteiger partial charge in [0, 0.05) is 13.0 Å². The van der Waals surface area contributed by atoms with Crippen molar-refractivity contribution >= 4 is 12.0 Å². The monoisotopic (exact) mass is 238 g/mol. The molecule has 1 saturated heterocycles. The molecule has 0 bridgehead atoms. The van der Waals surface area contributed by atoms with Crippen molar-refractivity contribution in [1.29, 1.82) is 0 Å². The third kappa shape index (κ3) is 3.02. The van der Waals surface area contributed by atoms with Crippen molar-refractivity contribution < 1.29 is 28.6 Å². The standard InChI is InChI=1S/C8H12F2N2O4/c9-6(10)2-11-8(16)12-3-4(13)1-5(12)7(14)15/h4-6,13H,1-3H2,(H,11,16)(H,14,15)/t4-,5-/m0/s1. The number of halogens is 2. The summed E-state index contributed by atoms with van der Waals surface area (Å²) in [5.74, 6) is -1.26. The van der Waals surface area contributed by atoms with E-state index in [0.717, 1.165) is 4.90 Å². The fourth-order valence-corrected chi connectivity index (χ4v) is 1.54. The fraction of sp³-hybridized carbons (Fsp3) is 0.750. The molecule has 1 rings (SSSR count). The molecule has 16 heavy (non-hydrogen) atoms. The van der Waals surface area contributed by atoms with E-state index in [0.29, 0.717) is 0 Å². The molecule has 2 amide bonds.